The molecule has 1 aliphatic carbocycles. The molecule has 0 unspecified atom stereocenters. The summed E-state index contributed by atoms with van der Waals surface area (Å²) in [6.07, 6.45) is 3.20. The van der Waals surface area contributed by atoms with E-state index in [2.05, 4.69) is 5.32 Å². The van der Waals surface area contributed by atoms with Gasteiger partial charge < -0.3 is 10.2 Å². The molecular weight excluding hydrogens is 164 g/mol. The van der Waals surface area contributed by atoms with Crippen molar-refractivity contribution in [2.75, 3.05) is 13.6 Å². The molecular formula is C10H20N2O. The van der Waals surface area contributed by atoms with Crippen molar-refractivity contribution in [2.24, 2.45) is 0 Å². The third-order valence-electron chi connectivity index (χ3n) is 2.52. The molecule has 0 aromatic rings. The van der Waals surface area contributed by atoms with Crippen molar-refractivity contribution in [3.63, 3.8) is 0 Å². The molecule has 0 saturated heterocycles. The number of carbonyl (C=O) groups is 1. The molecule has 1 amide bonds. The van der Waals surface area contributed by atoms with Gasteiger partial charge in [0.05, 0.1) is 0 Å². The summed E-state index contributed by atoms with van der Waals surface area (Å²) in [4.78, 5) is 13.3. The standard InChI is InChI=1S/C10H20N2O/c1-8(2)12(3)10(13)6-7-11-9-4-5-9/h8-9,11H,4-7H2,1-3H3. The van der Waals surface area contributed by atoms with Crippen molar-refractivity contribution in [1.82, 2.24) is 10.2 Å². The minimum Gasteiger partial charge on any atom is -0.343 e. The van der Waals surface area contributed by atoms with Gasteiger partial charge in [-0.1, -0.05) is 0 Å². The summed E-state index contributed by atoms with van der Waals surface area (Å²) in [5.41, 5.74) is 0. The van der Waals surface area contributed by atoms with Gasteiger partial charge in [-0.15, -0.1) is 0 Å². The Morgan fingerprint density at radius 2 is 2.15 bits per heavy atom. The van der Waals surface area contributed by atoms with E-state index in [1.165, 1.54) is 12.8 Å². The van der Waals surface area contributed by atoms with E-state index < -0.39 is 0 Å². The van der Waals surface area contributed by atoms with E-state index in [9.17, 15) is 4.79 Å². The summed E-state index contributed by atoms with van der Waals surface area (Å²) in [5.74, 6) is 0.239. The third-order valence-corrected chi connectivity index (χ3v) is 2.52. The average molecular weight is 184 g/mol. The molecule has 13 heavy (non-hydrogen) atoms. The van der Waals surface area contributed by atoms with E-state index in [4.69, 9.17) is 0 Å². The van der Waals surface area contributed by atoms with Gasteiger partial charge in [0.25, 0.3) is 0 Å². The van der Waals surface area contributed by atoms with Crippen LogP contribution in [0.25, 0.3) is 0 Å². The molecule has 3 nitrogen and oxygen atoms in total. The summed E-state index contributed by atoms with van der Waals surface area (Å²) in [5, 5.41) is 3.33. The van der Waals surface area contributed by atoms with Crippen LogP contribution in [0.3, 0.4) is 0 Å². The zero-order chi connectivity index (χ0) is 9.84. The van der Waals surface area contributed by atoms with Crippen molar-refractivity contribution < 1.29 is 4.79 Å². The Morgan fingerprint density at radius 1 is 1.54 bits per heavy atom. The topological polar surface area (TPSA) is 32.3 Å². The summed E-state index contributed by atoms with van der Waals surface area (Å²) < 4.78 is 0. The van der Waals surface area contributed by atoms with E-state index >= 15 is 0 Å². The molecule has 0 bridgehead atoms. The van der Waals surface area contributed by atoms with Crippen molar-refractivity contribution in [3.05, 3.63) is 0 Å². The molecule has 0 heterocycles. The summed E-state index contributed by atoms with van der Waals surface area (Å²) in [6.45, 7) is 4.90. The molecule has 0 spiro atoms. The van der Waals surface area contributed by atoms with Gasteiger partial charge in [-0.05, 0) is 26.7 Å². The molecule has 0 aromatic carbocycles. The quantitative estimate of drug-likeness (QED) is 0.691. The van der Waals surface area contributed by atoms with Gasteiger partial charge in [-0.25, -0.2) is 0 Å². The Balaban J connectivity index is 2.08. The highest BCUT2D eigenvalue weighted by Crippen LogP contribution is 2.18. The first-order valence-corrected chi connectivity index (χ1v) is 5.10. The van der Waals surface area contributed by atoms with E-state index in [1.54, 1.807) is 4.90 Å². The zero-order valence-corrected chi connectivity index (χ0v) is 8.84. The van der Waals surface area contributed by atoms with Crippen molar-refractivity contribution in [2.45, 2.75) is 45.2 Å². The Hall–Kier alpha value is -0.570. The van der Waals surface area contributed by atoms with Gasteiger partial charge >= 0.3 is 0 Å². The Labute approximate surface area is 80.5 Å². The van der Waals surface area contributed by atoms with E-state index in [0.717, 1.165) is 6.54 Å². The molecule has 1 aliphatic rings. The monoisotopic (exact) mass is 184 g/mol. The van der Waals surface area contributed by atoms with Crippen LogP contribution in [0.2, 0.25) is 0 Å². The SMILES string of the molecule is CC(C)N(C)C(=O)CCNC1CC1. The molecule has 0 aliphatic heterocycles. The number of amides is 1. The van der Waals surface area contributed by atoms with Crippen LogP contribution in [0.5, 0.6) is 0 Å². The van der Waals surface area contributed by atoms with Crippen molar-refractivity contribution in [1.29, 1.82) is 0 Å². The Kier molecular flexibility index (Phi) is 3.72. The van der Waals surface area contributed by atoms with Crippen LogP contribution in [0.15, 0.2) is 0 Å². The molecule has 1 rings (SSSR count). The third kappa shape index (κ3) is 3.77. The van der Waals surface area contributed by atoms with Crippen LogP contribution in [-0.4, -0.2) is 36.5 Å². The van der Waals surface area contributed by atoms with Crippen LogP contribution in [0, 0.1) is 0 Å². The molecule has 1 N–H and O–H groups in total. The highest BCUT2D eigenvalue weighted by molar-refractivity contribution is 5.76. The Bertz CT molecular complexity index is 176. The number of hydrogen-bond donors (Lipinski definition) is 1. The largest absolute Gasteiger partial charge is 0.343 e. The molecule has 76 valence electrons. The maximum Gasteiger partial charge on any atom is 0.223 e. The summed E-state index contributed by atoms with van der Waals surface area (Å²) >= 11 is 0. The number of carbonyl (C=O) groups excluding carboxylic acids is 1. The second-order valence-electron chi connectivity index (χ2n) is 4.08. The van der Waals surface area contributed by atoms with E-state index in [0.29, 0.717) is 18.5 Å². The number of rotatable bonds is 5. The fraction of sp³-hybridized carbons (Fsp3) is 0.900. The van der Waals surface area contributed by atoms with Crippen LogP contribution >= 0.6 is 0 Å². The van der Waals surface area contributed by atoms with Crippen LogP contribution in [-0.2, 0) is 4.79 Å². The molecule has 3 heteroatoms. The first kappa shape index (κ1) is 10.5. The number of nitrogens with one attached hydrogen (secondary N) is 1. The predicted octanol–water partition coefficient (Wildman–Crippen LogP) is 0.995. The lowest BCUT2D eigenvalue weighted by atomic mass is 10.3. The van der Waals surface area contributed by atoms with Gasteiger partial charge in [0.15, 0.2) is 0 Å². The summed E-state index contributed by atoms with van der Waals surface area (Å²) in [7, 11) is 1.87. The maximum atomic E-state index is 11.5. The summed E-state index contributed by atoms with van der Waals surface area (Å²) in [6, 6.07) is 1.02. The predicted molar refractivity (Wildman–Crippen MR) is 53.5 cm³/mol. The average Bonchev–Trinajstić information content (AvgIpc) is 2.86. The molecule has 0 aromatic heterocycles. The number of hydrogen-bond acceptors (Lipinski definition) is 2. The molecule has 1 saturated carbocycles. The van der Waals surface area contributed by atoms with Gasteiger partial charge in [0, 0.05) is 32.1 Å². The minimum absolute atomic E-state index is 0.239. The van der Waals surface area contributed by atoms with E-state index in [-0.39, 0.29) is 5.91 Å². The maximum absolute atomic E-state index is 11.5. The van der Waals surface area contributed by atoms with Crippen LogP contribution in [0.1, 0.15) is 33.1 Å². The van der Waals surface area contributed by atoms with Gasteiger partial charge in [0.1, 0.15) is 0 Å². The normalized spacial score (nSPS) is 16.3. The van der Waals surface area contributed by atoms with Gasteiger partial charge in [0.2, 0.25) is 5.91 Å². The molecule has 0 radical (unpaired) electrons. The lowest BCUT2D eigenvalue weighted by Gasteiger charge is -2.21. The van der Waals surface area contributed by atoms with Crippen molar-refractivity contribution >= 4 is 5.91 Å². The zero-order valence-electron chi connectivity index (χ0n) is 8.84. The highest BCUT2D eigenvalue weighted by Gasteiger charge is 2.20. The van der Waals surface area contributed by atoms with Crippen LogP contribution < -0.4 is 5.32 Å². The van der Waals surface area contributed by atoms with Gasteiger partial charge in [-0.2, -0.15) is 0 Å². The Morgan fingerprint density at radius 3 is 2.62 bits per heavy atom. The van der Waals surface area contributed by atoms with E-state index in [1.807, 2.05) is 20.9 Å². The molecule has 1 fully saturated rings. The number of nitrogens with zero attached hydrogens (tertiary/aromatic N) is 1. The van der Waals surface area contributed by atoms with Crippen molar-refractivity contribution in [3.8, 4) is 0 Å². The smallest absolute Gasteiger partial charge is 0.223 e. The minimum atomic E-state index is 0.239. The lowest BCUT2D eigenvalue weighted by Crippen LogP contribution is -2.35. The van der Waals surface area contributed by atoms with Crippen LogP contribution in [0.4, 0.5) is 0 Å². The first-order valence-electron chi connectivity index (χ1n) is 5.10. The van der Waals surface area contributed by atoms with Gasteiger partial charge in [-0.3, -0.25) is 4.79 Å². The highest BCUT2D eigenvalue weighted by atomic mass is 16.2. The lowest BCUT2D eigenvalue weighted by molar-refractivity contribution is -0.131. The first-order chi connectivity index (χ1) is 6.11. The fourth-order valence-corrected chi connectivity index (χ4v) is 1.14. The fourth-order valence-electron chi connectivity index (χ4n) is 1.14. The second-order valence-corrected chi connectivity index (χ2v) is 4.08. The second kappa shape index (κ2) is 4.61. The molecule has 0 atom stereocenters.